The van der Waals surface area contributed by atoms with Gasteiger partial charge in [-0.25, -0.2) is 0 Å². The molecule has 126 valence electrons. The molecule has 1 aliphatic carbocycles. The number of rotatable bonds is 5. The summed E-state index contributed by atoms with van der Waals surface area (Å²) in [6, 6.07) is 8.75. The van der Waals surface area contributed by atoms with Crippen LogP contribution in [0.25, 0.3) is 10.4 Å². The van der Waals surface area contributed by atoms with Crippen LogP contribution in [0.3, 0.4) is 0 Å². The predicted octanol–water partition coefficient (Wildman–Crippen LogP) is 3.12. The SMILES string of the molecule is C=C[C@H]1CC(C(=O)OC)(C(=O)OC)[C@](N=[N+]=[N-])(c2ccccc2)C1. The van der Waals surface area contributed by atoms with Gasteiger partial charge in [-0.2, -0.15) is 0 Å². The Morgan fingerprint density at radius 2 is 1.83 bits per heavy atom. The van der Waals surface area contributed by atoms with Crippen molar-refractivity contribution in [2.45, 2.75) is 18.4 Å². The Bertz CT molecular complexity index is 681. The van der Waals surface area contributed by atoms with Crippen LogP contribution < -0.4 is 0 Å². The van der Waals surface area contributed by atoms with Crippen LogP contribution in [-0.4, -0.2) is 26.2 Å². The van der Waals surface area contributed by atoms with Crippen molar-refractivity contribution in [1.29, 1.82) is 0 Å². The van der Waals surface area contributed by atoms with Crippen LogP contribution in [0, 0.1) is 11.3 Å². The zero-order chi connectivity index (χ0) is 17.8. The molecule has 1 saturated carbocycles. The fourth-order valence-electron chi connectivity index (χ4n) is 3.63. The van der Waals surface area contributed by atoms with Crippen molar-refractivity contribution in [3.05, 3.63) is 59.0 Å². The molecular formula is C17H19N3O4. The normalized spacial score (nSPS) is 24.5. The Morgan fingerprint density at radius 1 is 1.25 bits per heavy atom. The van der Waals surface area contributed by atoms with Crippen molar-refractivity contribution < 1.29 is 19.1 Å². The molecule has 7 heteroatoms. The number of carbonyl (C=O) groups is 2. The van der Waals surface area contributed by atoms with Crippen molar-refractivity contribution in [3.63, 3.8) is 0 Å². The van der Waals surface area contributed by atoms with E-state index >= 15 is 0 Å². The molecular weight excluding hydrogens is 310 g/mol. The van der Waals surface area contributed by atoms with E-state index in [1.807, 2.05) is 0 Å². The molecule has 0 saturated heterocycles. The maximum atomic E-state index is 12.7. The van der Waals surface area contributed by atoms with Crippen LogP contribution in [0.2, 0.25) is 0 Å². The van der Waals surface area contributed by atoms with Gasteiger partial charge in [0, 0.05) is 4.91 Å². The summed E-state index contributed by atoms with van der Waals surface area (Å²) in [4.78, 5) is 28.4. The molecule has 0 aromatic heterocycles. The summed E-state index contributed by atoms with van der Waals surface area (Å²) in [6.07, 6.45) is 2.01. The molecule has 0 N–H and O–H groups in total. The first kappa shape index (κ1) is 17.6. The van der Waals surface area contributed by atoms with Crippen molar-refractivity contribution in [2.75, 3.05) is 14.2 Å². The zero-order valence-electron chi connectivity index (χ0n) is 13.6. The monoisotopic (exact) mass is 329 g/mol. The summed E-state index contributed by atoms with van der Waals surface area (Å²) in [5, 5.41) is 3.95. The van der Waals surface area contributed by atoms with Gasteiger partial charge in [0.2, 0.25) is 0 Å². The van der Waals surface area contributed by atoms with E-state index in [1.165, 1.54) is 14.2 Å². The van der Waals surface area contributed by atoms with E-state index in [4.69, 9.17) is 9.47 Å². The van der Waals surface area contributed by atoms with Crippen LogP contribution in [0.5, 0.6) is 0 Å². The second kappa shape index (κ2) is 6.76. The van der Waals surface area contributed by atoms with E-state index in [0.29, 0.717) is 5.56 Å². The molecule has 0 heterocycles. The number of benzene rings is 1. The molecule has 0 unspecified atom stereocenters. The first-order valence-corrected chi connectivity index (χ1v) is 7.43. The van der Waals surface area contributed by atoms with Gasteiger partial charge in [-0.15, -0.1) is 6.58 Å². The van der Waals surface area contributed by atoms with Crippen LogP contribution >= 0.6 is 0 Å². The molecule has 7 nitrogen and oxygen atoms in total. The van der Waals surface area contributed by atoms with Crippen molar-refractivity contribution in [2.24, 2.45) is 16.4 Å². The highest BCUT2D eigenvalue weighted by Gasteiger charge is 2.68. The van der Waals surface area contributed by atoms with Crippen molar-refractivity contribution in [1.82, 2.24) is 0 Å². The third-order valence-electron chi connectivity index (χ3n) is 4.70. The molecule has 0 aliphatic heterocycles. The Labute approximate surface area is 139 Å². The van der Waals surface area contributed by atoms with Crippen molar-refractivity contribution >= 4 is 11.9 Å². The number of azide groups is 1. The van der Waals surface area contributed by atoms with Crippen molar-refractivity contribution in [3.8, 4) is 0 Å². The van der Waals surface area contributed by atoms with E-state index in [9.17, 15) is 15.1 Å². The highest BCUT2D eigenvalue weighted by atomic mass is 16.5. The average Bonchev–Trinajstić information content (AvgIpc) is 2.98. The molecule has 1 aromatic rings. The zero-order valence-corrected chi connectivity index (χ0v) is 13.6. The standard InChI is InChI=1S/C17H19N3O4/c1-4-12-10-16(14(21)23-2,15(22)24-3)17(11-12,19-20-18)13-8-6-5-7-9-13/h4-9,12H,1,10-11H2,2-3H3/t12-,17+/m0/s1. The third kappa shape index (κ3) is 2.34. The molecule has 2 atom stereocenters. The van der Waals surface area contributed by atoms with Crippen LogP contribution in [0.15, 0.2) is 48.1 Å². The van der Waals surface area contributed by atoms with Gasteiger partial charge >= 0.3 is 11.9 Å². The van der Waals surface area contributed by atoms with E-state index in [0.717, 1.165) is 0 Å². The second-order valence-electron chi connectivity index (χ2n) is 5.71. The highest BCUT2D eigenvalue weighted by Crippen LogP contribution is 2.59. The van der Waals surface area contributed by atoms with Gasteiger partial charge in [-0.05, 0) is 29.9 Å². The molecule has 1 aliphatic rings. The lowest BCUT2D eigenvalue weighted by atomic mass is 9.68. The average molecular weight is 329 g/mol. The smallest absolute Gasteiger partial charge is 0.324 e. The molecule has 0 spiro atoms. The number of allylic oxidation sites excluding steroid dienone is 1. The number of methoxy groups -OCH3 is 2. The Hall–Kier alpha value is -2.79. The topological polar surface area (TPSA) is 101 Å². The summed E-state index contributed by atoms with van der Waals surface area (Å²) in [6.45, 7) is 3.76. The Morgan fingerprint density at radius 3 is 2.29 bits per heavy atom. The second-order valence-corrected chi connectivity index (χ2v) is 5.71. The lowest BCUT2D eigenvalue weighted by molar-refractivity contribution is -0.173. The minimum atomic E-state index is -1.76. The van der Waals surface area contributed by atoms with E-state index in [2.05, 4.69) is 16.6 Å². The maximum Gasteiger partial charge on any atom is 0.324 e. The summed E-state index contributed by atoms with van der Waals surface area (Å²) < 4.78 is 9.84. The molecule has 1 aromatic carbocycles. The number of hydrogen-bond acceptors (Lipinski definition) is 5. The van der Waals surface area contributed by atoms with E-state index in [-0.39, 0.29) is 18.8 Å². The lowest BCUT2D eigenvalue weighted by Gasteiger charge is -2.38. The van der Waals surface area contributed by atoms with Gasteiger partial charge in [-0.3, -0.25) is 9.59 Å². The van der Waals surface area contributed by atoms with Crippen LogP contribution in [-0.2, 0) is 24.6 Å². The van der Waals surface area contributed by atoms with Gasteiger partial charge < -0.3 is 9.47 Å². The fraction of sp³-hybridized carbons (Fsp3) is 0.412. The first-order chi connectivity index (χ1) is 11.5. The molecule has 24 heavy (non-hydrogen) atoms. The Kier molecular flexibility index (Phi) is 4.95. The summed E-state index contributed by atoms with van der Waals surface area (Å²) in [5.74, 6) is -1.78. The van der Waals surface area contributed by atoms with E-state index in [1.54, 1.807) is 36.4 Å². The number of esters is 2. The fourth-order valence-corrected chi connectivity index (χ4v) is 3.63. The van der Waals surface area contributed by atoms with Crippen LogP contribution in [0.1, 0.15) is 18.4 Å². The molecule has 0 bridgehead atoms. The number of nitrogens with zero attached hydrogens (tertiary/aromatic N) is 3. The minimum Gasteiger partial charge on any atom is -0.468 e. The number of carbonyl (C=O) groups excluding carboxylic acids is 2. The molecule has 0 radical (unpaired) electrons. The first-order valence-electron chi connectivity index (χ1n) is 7.43. The van der Waals surface area contributed by atoms with Gasteiger partial charge in [0.05, 0.1) is 14.2 Å². The largest absolute Gasteiger partial charge is 0.468 e. The molecule has 2 rings (SSSR count). The Balaban J connectivity index is 2.85. The summed E-state index contributed by atoms with van der Waals surface area (Å²) >= 11 is 0. The van der Waals surface area contributed by atoms with E-state index < -0.39 is 22.9 Å². The van der Waals surface area contributed by atoms with Gasteiger partial charge in [0.25, 0.3) is 0 Å². The summed E-state index contributed by atoms with van der Waals surface area (Å²) in [5.41, 5.74) is 6.54. The highest BCUT2D eigenvalue weighted by molar-refractivity contribution is 6.02. The maximum absolute atomic E-state index is 12.7. The summed E-state index contributed by atoms with van der Waals surface area (Å²) in [7, 11) is 2.39. The third-order valence-corrected chi connectivity index (χ3v) is 4.70. The molecule has 1 fully saturated rings. The quantitative estimate of drug-likeness (QED) is 0.207. The van der Waals surface area contributed by atoms with Crippen LogP contribution in [0.4, 0.5) is 0 Å². The van der Waals surface area contributed by atoms with Gasteiger partial charge in [0.15, 0.2) is 5.41 Å². The lowest BCUT2D eigenvalue weighted by Crippen LogP contribution is -2.52. The predicted molar refractivity (Wildman–Crippen MR) is 86.7 cm³/mol. The minimum absolute atomic E-state index is 0.101. The molecule has 0 amide bonds. The number of ether oxygens (including phenoxy) is 2. The van der Waals surface area contributed by atoms with Gasteiger partial charge in [0.1, 0.15) is 5.54 Å². The van der Waals surface area contributed by atoms with Gasteiger partial charge in [-0.1, -0.05) is 41.5 Å². The number of hydrogen-bond donors (Lipinski definition) is 0.